The highest BCUT2D eigenvalue weighted by Gasteiger charge is 2.15. The Morgan fingerprint density at radius 1 is 1.36 bits per heavy atom. The summed E-state index contributed by atoms with van der Waals surface area (Å²) in [5, 5.41) is 0. The van der Waals surface area contributed by atoms with Crippen LogP contribution in [0.15, 0.2) is 10.7 Å². The van der Waals surface area contributed by atoms with Crippen LogP contribution in [-0.4, -0.2) is 22.7 Å². The Labute approximate surface area is 91.8 Å². The Morgan fingerprint density at radius 3 is 2.50 bits per heavy atom. The molecule has 0 spiro atoms. The van der Waals surface area contributed by atoms with Gasteiger partial charge in [0.15, 0.2) is 0 Å². The van der Waals surface area contributed by atoms with E-state index >= 15 is 0 Å². The summed E-state index contributed by atoms with van der Waals surface area (Å²) in [4.78, 5) is 8.09. The predicted octanol–water partition coefficient (Wildman–Crippen LogP) is 2.43. The van der Waals surface area contributed by atoms with Gasteiger partial charge in [0.1, 0.15) is 5.60 Å². The van der Waals surface area contributed by atoms with Gasteiger partial charge in [0, 0.05) is 0 Å². The van der Waals surface area contributed by atoms with Crippen molar-refractivity contribution < 1.29 is 9.47 Å². The zero-order valence-corrected chi connectivity index (χ0v) is 10.3. The van der Waals surface area contributed by atoms with Crippen LogP contribution in [0.25, 0.3) is 0 Å². The molecule has 0 saturated heterocycles. The highest BCUT2D eigenvalue weighted by Crippen LogP contribution is 2.24. The molecule has 0 N–H and O–H groups in total. The molecule has 78 valence electrons. The lowest BCUT2D eigenvalue weighted by Gasteiger charge is -2.19. The number of nitrogens with zero attached hydrogens (tertiary/aromatic N) is 2. The van der Waals surface area contributed by atoms with Crippen molar-refractivity contribution in [1.29, 1.82) is 0 Å². The summed E-state index contributed by atoms with van der Waals surface area (Å²) in [6.07, 6.45) is 1.60. The first kappa shape index (κ1) is 11.2. The largest absolute Gasteiger partial charge is 0.480 e. The molecule has 5 heteroatoms. The van der Waals surface area contributed by atoms with Crippen molar-refractivity contribution in [3.63, 3.8) is 0 Å². The van der Waals surface area contributed by atoms with E-state index in [1.165, 1.54) is 0 Å². The number of aromatic nitrogens is 2. The van der Waals surface area contributed by atoms with E-state index in [1.807, 2.05) is 20.8 Å². The molecular weight excluding hydrogens is 248 g/mol. The monoisotopic (exact) mass is 260 g/mol. The second-order valence-electron chi connectivity index (χ2n) is 3.72. The summed E-state index contributed by atoms with van der Waals surface area (Å²) in [5.41, 5.74) is -0.307. The molecule has 0 bridgehead atoms. The fourth-order valence-corrected chi connectivity index (χ4v) is 1.16. The van der Waals surface area contributed by atoms with Gasteiger partial charge < -0.3 is 9.47 Å². The van der Waals surface area contributed by atoms with Gasteiger partial charge in [-0.3, -0.25) is 0 Å². The van der Waals surface area contributed by atoms with Crippen LogP contribution in [0.1, 0.15) is 20.8 Å². The van der Waals surface area contributed by atoms with E-state index in [0.717, 1.165) is 0 Å². The van der Waals surface area contributed by atoms with Gasteiger partial charge in [-0.1, -0.05) is 0 Å². The molecule has 4 nitrogen and oxygen atoms in total. The van der Waals surface area contributed by atoms with Crippen LogP contribution in [0.4, 0.5) is 0 Å². The molecule has 0 fully saturated rings. The minimum atomic E-state index is -0.307. The third-order valence-electron chi connectivity index (χ3n) is 1.28. The summed E-state index contributed by atoms with van der Waals surface area (Å²) in [5.74, 6) is 0.472. The molecule has 0 radical (unpaired) electrons. The molecule has 1 heterocycles. The lowest BCUT2D eigenvalue weighted by Crippen LogP contribution is -2.24. The minimum absolute atomic E-state index is 0.307. The quantitative estimate of drug-likeness (QED) is 0.820. The zero-order valence-electron chi connectivity index (χ0n) is 8.67. The van der Waals surface area contributed by atoms with Crippen molar-refractivity contribution in [2.45, 2.75) is 26.4 Å². The van der Waals surface area contributed by atoms with Crippen molar-refractivity contribution in [1.82, 2.24) is 9.97 Å². The maximum atomic E-state index is 5.48. The molecular formula is C9H13BrN2O2. The summed E-state index contributed by atoms with van der Waals surface area (Å²) < 4.78 is 11.2. The van der Waals surface area contributed by atoms with Crippen LogP contribution in [0.2, 0.25) is 0 Å². The highest BCUT2D eigenvalue weighted by molar-refractivity contribution is 9.10. The summed E-state index contributed by atoms with van der Waals surface area (Å²) in [7, 11) is 1.55. The van der Waals surface area contributed by atoms with Crippen molar-refractivity contribution >= 4 is 15.9 Å². The van der Waals surface area contributed by atoms with Crippen molar-refractivity contribution in [3.05, 3.63) is 10.7 Å². The molecule has 0 atom stereocenters. The first-order valence-electron chi connectivity index (χ1n) is 4.18. The molecule has 1 aromatic heterocycles. The first-order valence-corrected chi connectivity index (χ1v) is 4.97. The zero-order chi connectivity index (χ0) is 10.8. The number of hydrogen-bond donors (Lipinski definition) is 0. The van der Waals surface area contributed by atoms with E-state index in [1.54, 1.807) is 13.3 Å². The number of ether oxygens (including phenoxy) is 2. The third kappa shape index (κ3) is 3.14. The molecule has 1 rings (SSSR count). The van der Waals surface area contributed by atoms with Gasteiger partial charge in [-0.2, -0.15) is 4.98 Å². The molecule has 1 aromatic rings. The number of hydrogen-bond acceptors (Lipinski definition) is 4. The lowest BCUT2D eigenvalue weighted by atomic mass is 10.2. The predicted molar refractivity (Wildman–Crippen MR) is 56.7 cm³/mol. The number of rotatable bonds is 2. The van der Waals surface area contributed by atoms with Gasteiger partial charge in [-0.05, 0) is 36.7 Å². The van der Waals surface area contributed by atoms with E-state index < -0.39 is 0 Å². The molecule has 0 aliphatic carbocycles. The van der Waals surface area contributed by atoms with E-state index in [9.17, 15) is 0 Å². The van der Waals surface area contributed by atoms with Crippen molar-refractivity contribution in [2.24, 2.45) is 0 Å². The van der Waals surface area contributed by atoms with Gasteiger partial charge >= 0.3 is 6.01 Å². The first-order chi connectivity index (χ1) is 6.42. The van der Waals surface area contributed by atoms with Crippen LogP contribution in [-0.2, 0) is 0 Å². The summed E-state index contributed by atoms with van der Waals surface area (Å²) >= 11 is 3.26. The Hall–Kier alpha value is -0.840. The van der Waals surface area contributed by atoms with E-state index in [2.05, 4.69) is 25.9 Å². The molecule has 14 heavy (non-hydrogen) atoms. The van der Waals surface area contributed by atoms with Gasteiger partial charge in [-0.15, -0.1) is 0 Å². The average molecular weight is 261 g/mol. The Bertz CT molecular complexity index is 323. The molecule has 0 amide bonds. The fraction of sp³-hybridized carbons (Fsp3) is 0.556. The SMILES string of the molecule is COc1nc(OC(C)(C)C)ncc1Br. The Kier molecular flexibility index (Phi) is 3.31. The van der Waals surface area contributed by atoms with Crippen LogP contribution < -0.4 is 9.47 Å². The second kappa shape index (κ2) is 4.13. The molecule has 0 aromatic carbocycles. The van der Waals surface area contributed by atoms with Crippen molar-refractivity contribution in [3.8, 4) is 11.9 Å². The van der Waals surface area contributed by atoms with Crippen LogP contribution in [0.3, 0.4) is 0 Å². The average Bonchev–Trinajstić information content (AvgIpc) is 2.06. The van der Waals surface area contributed by atoms with Crippen LogP contribution in [0.5, 0.6) is 11.9 Å². The summed E-state index contributed by atoms with van der Waals surface area (Å²) in [6.45, 7) is 5.81. The van der Waals surface area contributed by atoms with Gasteiger partial charge in [0.2, 0.25) is 5.88 Å². The normalized spacial score (nSPS) is 11.2. The minimum Gasteiger partial charge on any atom is -0.480 e. The topological polar surface area (TPSA) is 44.2 Å². The van der Waals surface area contributed by atoms with Crippen LogP contribution in [0, 0.1) is 0 Å². The summed E-state index contributed by atoms with van der Waals surface area (Å²) in [6, 6.07) is 0.317. The standard InChI is InChI=1S/C9H13BrN2O2/c1-9(2,3)14-8-11-5-6(10)7(12-8)13-4/h5H,1-4H3. The molecule has 0 saturated carbocycles. The molecule has 0 aliphatic rings. The highest BCUT2D eigenvalue weighted by atomic mass is 79.9. The second-order valence-corrected chi connectivity index (χ2v) is 4.58. The van der Waals surface area contributed by atoms with Crippen LogP contribution >= 0.6 is 15.9 Å². The smallest absolute Gasteiger partial charge is 0.320 e. The van der Waals surface area contributed by atoms with E-state index in [0.29, 0.717) is 16.4 Å². The maximum Gasteiger partial charge on any atom is 0.320 e. The van der Waals surface area contributed by atoms with Gasteiger partial charge in [0.25, 0.3) is 0 Å². The Morgan fingerprint density at radius 2 is 2.00 bits per heavy atom. The third-order valence-corrected chi connectivity index (χ3v) is 1.82. The van der Waals surface area contributed by atoms with Gasteiger partial charge in [-0.25, -0.2) is 4.98 Å². The van der Waals surface area contributed by atoms with E-state index in [-0.39, 0.29) is 5.60 Å². The number of halogens is 1. The maximum absolute atomic E-state index is 5.48. The van der Waals surface area contributed by atoms with Crippen molar-refractivity contribution in [2.75, 3.05) is 7.11 Å². The fourth-order valence-electron chi connectivity index (χ4n) is 0.802. The number of methoxy groups -OCH3 is 1. The lowest BCUT2D eigenvalue weighted by molar-refractivity contribution is 0.115. The molecule has 0 aliphatic heterocycles. The Balaban J connectivity index is 2.90. The van der Waals surface area contributed by atoms with E-state index in [4.69, 9.17) is 9.47 Å². The molecule has 0 unspecified atom stereocenters. The van der Waals surface area contributed by atoms with Gasteiger partial charge in [0.05, 0.1) is 17.8 Å².